The van der Waals surface area contributed by atoms with Crippen molar-refractivity contribution in [3.8, 4) is 33.9 Å². The minimum absolute atomic E-state index is 0.00509. The van der Waals surface area contributed by atoms with E-state index in [2.05, 4.69) is 20.6 Å². The number of carboxylic acids is 2. The summed E-state index contributed by atoms with van der Waals surface area (Å²) < 4.78 is 43.6. The molecule has 0 fully saturated rings. The number of para-hydroxylation sites is 2. The molecule has 44 heavy (non-hydrogen) atoms. The van der Waals surface area contributed by atoms with Gasteiger partial charge >= 0.3 is 18.1 Å². The third-order valence-corrected chi connectivity index (χ3v) is 6.81. The smallest absolute Gasteiger partial charge is 0.418 e. The Kier molecular flexibility index (Phi) is 7.83. The molecule has 0 amide bonds. The van der Waals surface area contributed by atoms with E-state index >= 15 is 0 Å². The molecule has 11 nitrogen and oxygen atoms in total. The summed E-state index contributed by atoms with van der Waals surface area (Å²) in [5.41, 5.74) is -0.306. The number of carboxylic acid groups (broad SMARTS) is 2. The average Bonchev–Trinajstić information content (AvgIpc) is 3.67. The van der Waals surface area contributed by atoms with Gasteiger partial charge in [0.05, 0.1) is 40.5 Å². The van der Waals surface area contributed by atoms with E-state index in [1.807, 2.05) is 6.92 Å². The maximum Gasteiger partial charge on any atom is 0.418 e. The first-order valence-corrected chi connectivity index (χ1v) is 13.2. The second kappa shape index (κ2) is 11.6. The zero-order valence-corrected chi connectivity index (χ0v) is 23.2. The number of Topliss-reactive ketones (excluding diaryl/α,β-unsaturated/α-hetero) is 1. The van der Waals surface area contributed by atoms with Crippen molar-refractivity contribution in [2.24, 2.45) is 0 Å². The van der Waals surface area contributed by atoms with Gasteiger partial charge in [0.2, 0.25) is 0 Å². The van der Waals surface area contributed by atoms with Crippen LogP contribution in [0.4, 0.5) is 13.2 Å². The van der Waals surface area contributed by atoms with E-state index in [-0.39, 0.29) is 34.7 Å². The number of hydrogen-bond acceptors (Lipinski definition) is 7. The van der Waals surface area contributed by atoms with E-state index in [9.17, 15) is 37.8 Å². The van der Waals surface area contributed by atoms with Gasteiger partial charge in [0.1, 0.15) is 11.4 Å². The van der Waals surface area contributed by atoms with Gasteiger partial charge in [0.15, 0.2) is 5.78 Å². The molecule has 5 aromatic rings. The number of aromatic carboxylic acids is 2. The summed E-state index contributed by atoms with van der Waals surface area (Å²) in [7, 11) is 0. The molecule has 0 aliphatic carbocycles. The first-order chi connectivity index (χ1) is 20.9. The Bertz CT molecular complexity index is 1930. The average molecular weight is 605 g/mol. The Labute approximate surface area is 247 Å². The van der Waals surface area contributed by atoms with E-state index in [1.165, 1.54) is 23.0 Å². The Hall–Kier alpha value is -5.66. The predicted octanol–water partition coefficient (Wildman–Crippen LogP) is 5.89. The van der Waals surface area contributed by atoms with Gasteiger partial charge in [-0.1, -0.05) is 35.5 Å². The number of aromatic nitrogens is 6. The number of carbonyl (C=O) groups excluding carboxylic acids is 1. The molecule has 14 heteroatoms. The molecule has 0 radical (unpaired) electrons. The fourth-order valence-corrected chi connectivity index (χ4v) is 4.79. The lowest BCUT2D eigenvalue weighted by atomic mass is 9.98. The Morgan fingerprint density at radius 3 is 1.84 bits per heavy atom. The summed E-state index contributed by atoms with van der Waals surface area (Å²) in [6, 6.07) is 12.2. The van der Waals surface area contributed by atoms with E-state index in [4.69, 9.17) is 0 Å². The zero-order valence-electron chi connectivity index (χ0n) is 23.2. The second-order valence-electron chi connectivity index (χ2n) is 9.85. The van der Waals surface area contributed by atoms with Crippen LogP contribution in [0, 0.1) is 6.92 Å². The quantitative estimate of drug-likeness (QED) is 0.196. The SMILES string of the molecule is CCCC(=O)c1cc(-c2cn(-c3c(C)cccc3C(=O)O)nn2)cc(-c2cn(-c3c(C(=O)O)cccc3C(F)(F)F)nn2)c1. The summed E-state index contributed by atoms with van der Waals surface area (Å²) >= 11 is 0. The highest BCUT2D eigenvalue weighted by Gasteiger charge is 2.36. The monoisotopic (exact) mass is 604 g/mol. The van der Waals surface area contributed by atoms with Gasteiger partial charge in [-0.15, -0.1) is 10.2 Å². The second-order valence-corrected chi connectivity index (χ2v) is 9.85. The molecule has 5 rings (SSSR count). The predicted molar refractivity (Wildman–Crippen MR) is 150 cm³/mol. The van der Waals surface area contributed by atoms with Gasteiger partial charge in [-0.2, -0.15) is 13.2 Å². The number of ketones is 1. The fourth-order valence-electron chi connectivity index (χ4n) is 4.79. The molecule has 2 N–H and O–H groups in total. The third kappa shape index (κ3) is 5.69. The van der Waals surface area contributed by atoms with Gasteiger partial charge in [-0.3, -0.25) is 4.79 Å². The van der Waals surface area contributed by atoms with Gasteiger partial charge in [0, 0.05) is 23.1 Å². The van der Waals surface area contributed by atoms with Crippen molar-refractivity contribution in [3.05, 3.63) is 94.8 Å². The molecule has 0 unspecified atom stereocenters. The fraction of sp³-hybridized carbons (Fsp3) is 0.167. The maximum absolute atomic E-state index is 13.8. The number of rotatable bonds is 9. The number of nitrogens with zero attached hydrogens (tertiary/aromatic N) is 6. The lowest BCUT2D eigenvalue weighted by molar-refractivity contribution is -0.137. The Balaban J connectivity index is 1.64. The van der Waals surface area contributed by atoms with Crippen LogP contribution < -0.4 is 0 Å². The normalized spacial score (nSPS) is 11.5. The van der Waals surface area contributed by atoms with Gasteiger partial charge < -0.3 is 10.2 Å². The minimum atomic E-state index is -4.88. The van der Waals surface area contributed by atoms with Crippen molar-refractivity contribution >= 4 is 17.7 Å². The van der Waals surface area contributed by atoms with E-state index in [0.29, 0.717) is 28.8 Å². The summed E-state index contributed by atoms with van der Waals surface area (Å²) in [5, 5.41) is 35.4. The number of benzene rings is 3. The molecule has 0 spiro atoms. The number of hydrogen-bond donors (Lipinski definition) is 2. The molecular weight excluding hydrogens is 581 g/mol. The van der Waals surface area contributed by atoms with Crippen LogP contribution in [0.2, 0.25) is 0 Å². The molecule has 3 aromatic carbocycles. The minimum Gasteiger partial charge on any atom is -0.478 e. The standard InChI is InChI=1S/C30H23F3N6O5/c1-3-6-25(40)19-12-17(23-14-38(36-34-23)26-16(2)7-4-8-20(26)28(41)42)11-18(13-19)24-15-39(37-35-24)27-21(29(43)44)9-5-10-22(27)30(31,32)33/h4-5,7-15H,3,6H2,1-2H3,(H,41,42)(H,43,44). The molecule has 0 saturated carbocycles. The van der Waals surface area contributed by atoms with Crippen molar-refractivity contribution in [1.29, 1.82) is 0 Å². The molecule has 0 saturated heterocycles. The zero-order chi connectivity index (χ0) is 31.8. The molecule has 0 bridgehead atoms. The van der Waals surface area contributed by atoms with Gasteiger partial charge in [0.25, 0.3) is 0 Å². The van der Waals surface area contributed by atoms with E-state index in [0.717, 1.165) is 29.1 Å². The van der Waals surface area contributed by atoms with E-state index < -0.39 is 34.9 Å². The number of aryl methyl sites for hydroxylation is 1. The molecule has 0 aliphatic heterocycles. The van der Waals surface area contributed by atoms with E-state index in [1.54, 1.807) is 31.2 Å². The number of halogens is 3. The van der Waals surface area contributed by atoms with Crippen molar-refractivity contribution in [2.75, 3.05) is 0 Å². The summed E-state index contributed by atoms with van der Waals surface area (Å²) in [6.45, 7) is 3.56. The highest BCUT2D eigenvalue weighted by Crippen LogP contribution is 2.36. The third-order valence-electron chi connectivity index (χ3n) is 6.81. The molecule has 2 heterocycles. The molecule has 2 aromatic heterocycles. The number of alkyl halides is 3. The Morgan fingerprint density at radius 2 is 1.32 bits per heavy atom. The van der Waals surface area contributed by atoms with Crippen molar-refractivity contribution in [3.63, 3.8) is 0 Å². The molecule has 224 valence electrons. The molecule has 0 atom stereocenters. The number of carbonyl (C=O) groups is 3. The topological polar surface area (TPSA) is 153 Å². The molecule has 0 aliphatic rings. The first-order valence-electron chi connectivity index (χ1n) is 13.2. The lowest BCUT2D eigenvalue weighted by Crippen LogP contribution is -2.15. The summed E-state index contributed by atoms with van der Waals surface area (Å²) in [4.78, 5) is 36.6. The van der Waals surface area contributed by atoms with Crippen LogP contribution in [0.5, 0.6) is 0 Å². The van der Waals surface area contributed by atoms with Gasteiger partial charge in [-0.25, -0.2) is 19.0 Å². The Morgan fingerprint density at radius 1 is 0.795 bits per heavy atom. The lowest BCUT2D eigenvalue weighted by Gasteiger charge is -2.14. The van der Waals surface area contributed by atoms with Crippen LogP contribution in [0.15, 0.2) is 67.0 Å². The molecular formula is C30H23F3N6O5. The van der Waals surface area contributed by atoms with Crippen molar-refractivity contribution in [2.45, 2.75) is 32.9 Å². The van der Waals surface area contributed by atoms with Crippen LogP contribution in [0.3, 0.4) is 0 Å². The highest BCUT2D eigenvalue weighted by atomic mass is 19.4. The summed E-state index contributed by atoms with van der Waals surface area (Å²) in [5.74, 6) is -2.95. The van der Waals surface area contributed by atoms with Crippen molar-refractivity contribution < 1.29 is 37.8 Å². The van der Waals surface area contributed by atoms with Gasteiger partial charge in [-0.05, 0) is 55.3 Å². The summed E-state index contributed by atoms with van der Waals surface area (Å²) in [6.07, 6.45) is -1.46. The largest absolute Gasteiger partial charge is 0.478 e. The van der Waals surface area contributed by atoms with Crippen molar-refractivity contribution in [1.82, 2.24) is 30.0 Å². The van der Waals surface area contributed by atoms with Crippen LogP contribution in [-0.2, 0) is 6.18 Å². The van der Waals surface area contributed by atoms with Crippen LogP contribution in [0.25, 0.3) is 33.9 Å². The van der Waals surface area contributed by atoms with Crippen LogP contribution >= 0.6 is 0 Å². The van der Waals surface area contributed by atoms with Crippen LogP contribution in [0.1, 0.15) is 62.0 Å². The maximum atomic E-state index is 13.8. The highest BCUT2D eigenvalue weighted by molar-refractivity contribution is 5.98. The first kappa shape index (κ1) is 29.8. The van der Waals surface area contributed by atoms with Crippen LogP contribution in [-0.4, -0.2) is 57.9 Å².